The van der Waals surface area contributed by atoms with Crippen LogP contribution in [-0.2, 0) is 6.54 Å². The van der Waals surface area contributed by atoms with E-state index >= 15 is 0 Å². The van der Waals surface area contributed by atoms with E-state index in [1.807, 2.05) is 6.92 Å². The van der Waals surface area contributed by atoms with Gasteiger partial charge in [-0.3, -0.25) is 4.90 Å². The molecule has 0 amide bonds. The van der Waals surface area contributed by atoms with Crippen LogP contribution in [0.5, 0.6) is 0 Å². The van der Waals surface area contributed by atoms with Gasteiger partial charge in [0.2, 0.25) is 0 Å². The third kappa shape index (κ3) is 2.89. The lowest BCUT2D eigenvalue weighted by molar-refractivity contribution is 0.200. The maximum atomic E-state index is 12.0. The van der Waals surface area contributed by atoms with Crippen molar-refractivity contribution in [1.29, 1.82) is 0 Å². The monoisotopic (exact) mass is 326 g/mol. The Hall–Kier alpha value is -1.65. The van der Waals surface area contributed by atoms with Crippen LogP contribution in [0.2, 0.25) is 0 Å². The van der Waals surface area contributed by atoms with E-state index in [2.05, 4.69) is 29.3 Å². The van der Waals surface area contributed by atoms with E-state index in [-0.39, 0.29) is 5.63 Å². The molecule has 0 aliphatic carbocycles. The second kappa shape index (κ2) is 6.01. The van der Waals surface area contributed by atoms with Crippen LogP contribution in [0.25, 0.3) is 11.0 Å². The van der Waals surface area contributed by atoms with Crippen molar-refractivity contribution in [3.63, 3.8) is 0 Å². The van der Waals surface area contributed by atoms with Crippen LogP contribution in [0, 0.1) is 19.3 Å². The number of hydrogen-bond acceptors (Lipinski definition) is 4. The fourth-order valence-corrected chi connectivity index (χ4v) is 4.59. The molecule has 1 N–H and O–H groups in total. The summed E-state index contributed by atoms with van der Waals surface area (Å²) in [5, 5.41) is 4.66. The van der Waals surface area contributed by atoms with Crippen molar-refractivity contribution in [3.8, 4) is 0 Å². The van der Waals surface area contributed by atoms with Gasteiger partial charge in [-0.25, -0.2) is 4.79 Å². The van der Waals surface area contributed by atoms with Gasteiger partial charge in [-0.15, -0.1) is 0 Å². The maximum absolute atomic E-state index is 12.0. The van der Waals surface area contributed by atoms with E-state index in [4.69, 9.17) is 4.42 Å². The molecule has 128 valence electrons. The Morgan fingerprint density at radius 3 is 2.92 bits per heavy atom. The lowest BCUT2D eigenvalue weighted by atomic mass is 9.80. The zero-order chi connectivity index (χ0) is 16.7. The van der Waals surface area contributed by atoms with Crippen molar-refractivity contribution in [2.24, 2.45) is 5.41 Å². The molecule has 4 nitrogen and oxygen atoms in total. The Morgan fingerprint density at radius 2 is 2.12 bits per heavy atom. The van der Waals surface area contributed by atoms with Gasteiger partial charge in [0, 0.05) is 31.1 Å². The minimum atomic E-state index is -0.238. The van der Waals surface area contributed by atoms with E-state index in [0.29, 0.717) is 5.41 Å². The standard InChI is InChI=1S/C20H26N2O2/c1-14-8-15(2)19-17(9-14)16(10-18(23)24-19)11-22-7-5-20(13-22)4-3-6-21-12-20/h8-10,21H,3-7,11-13H2,1-2H3. The van der Waals surface area contributed by atoms with Gasteiger partial charge >= 0.3 is 5.63 Å². The molecule has 1 atom stereocenters. The third-order valence-corrected chi connectivity index (χ3v) is 5.73. The number of likely N-dealkylation sites (tertiary alicyclic amines) is 1. The van der Waals surface area contributed by atoms with Crippen molar-refractivity contribution >= 4 is 11.0 Å². The Morgan fingerprint density at radius 1 is 1.25 bits per heavy atom. The Balaban J connectivity index is 1.64. The van der Waals surface area contributed by atoms with Crippen LogP contribution in [0.4, 0.5) is 0 Å². The summed E-state index contributed by atoms with van der Waals surface area (Å²) in [6, 6.07) is 5.91. The van der Waals surface area contributed by atoms with Gasteiger partial charge in [-0.05, 0) is 74.4 Å². The van der Waals surface area contributed by atoms with Crippen LogP contribution in [-0.4, -0.2) is 31.1 Å². The Kier molecular flexibility index (Phi) is 3.97. The van der Waals surface area contributed by atoms with Crippen LogP contribution in [0.3, 0.4) is 0 Å². The number of benzene rings is 1. The van der Waals surface area contributed by atoms with Crippen LogP contribution in [0.15, 0.2) is 27.4 Å². The maximum Gasteiger partial charge on any atom is 0.336 e. The van der Waals surface area contributed by atoms with E-state index in [1.54, 1.807) is 6.07 Å². The molecule has 0 bridgehead atoms. The average molecular weight is 326 g/mol. The molecule has 1 spiro atoms. The predicted molar refractivity (Wildman–Crippen MR) is 96.4 cm³/mol. The second-order valence-corrected chi connectivity index (χ2v) is 7.79. The molecule has 1 aromatic heterocycles. The molecule has 1 unspecified atom stereocenters. The van der Waals surface area contributed by atoms with Crippen molar-refractivity contribution in [1.82, 2.24) is 10.2 Å². The lowest BCUT2D eigenvalue weighted by Gasteiger charge is -2.34. The first kappa shape index (κ1) is 15.9. The summed E-state index contributed by atoms with van der Waals surface area (Å²) in [6.45, 7) is 9.50. The van der Waals surface area contributed by atoms with E-state index < -0.39 is 0 Å². The summed E-state index contributed by atoms with van der Waals surface area (Å²) >= 11 is 0. The number of aryl methyl sites for hydroxylation is 2. The van der Waals surface area contributed by atoms with Crippen molar-refractivity contribution in [2.45, 2.75) is 39.7 Å². The fourth-order valence-electron chi connectivity index (χ4n) is 4.59. The first-order valence-corrected chi connectivity index (χ1v) is 9.02. The predicted octanol–water partition coefficient (Wildman–Crippen LogP) is 2.99. The molecule has 0 saturated carbocycles. The number of fused-ring (bicyclic) bond motifs is 1. The van der Waals surface area contributed by atoms with E-state index in [1.165, 1.54) is 24.8 Å². The molecule has 3 heterocycles. The van der Waals surface area contributed by atoms with Crippen LogP contribution >= 0.6 is 0 Å². The van der Waals surface area contributed by atoms with Crippen LogP contribution in [0.1, 0.15) is 36.0 Å². The first-order valence-electron chi connectivity index (χ1n) is 9.02. The summed E-state index contributed by atoms with van der Waals surface area (Å²) < 4.78 is 5.48. The summed E-state index contributed by atoms with van der Waals surface area (Å²) in [5.41, 5.74) is 4.31. The minimum Gasteiger partial charge on any atom is -0.422 e. The molecule has 1 aromatic carbocycles. The summed E-state index contributed by atoms with van der Waals surface area (Å²) in [7, 11) is 0. The highest BCUT2D eigenvalue weighted by molar-refractivity contribution is 5.83. The minimum absolute atomic E-state index is 0.238. The van der Waals surface area contributed by atoms with Gasteiger partial charge < -0.3 is 9.73 Å². The highest BCUT2D eigenvalue weighted by Gasteiger charge is 2.38. The topological polar surface area (TPSA) is 45.5 Å². The molecule has 2 aliphatic heterocycles. The number of hydrogen-bond donors (Lipinski definition) is 1. The van der Waals surface area contributed by atoms with Gasteiger partial charge in [0.15, 0.2) is 0 Å². The number of piperidine rings is 1. The molecule has 2 fully saturated rings. The Labute approximate surface area is 142 Å². The number of nitrogens with zero attached hydrogens (tertiary/aromatic N) is 1. The molecule has 4 heteroatoms. The Bertz CT molecular complexity index is 818. The molecular formula is C20H26N2O2. The van der Waals surface area contributed by atoms with Gasteiger partial charge in [-0.2, -0.15) is 0 Å². The number of rotatable bonds is 2. The summed E-state index contributed by atoms with van der Waals surface area (Å²) in [5.74, 6) is 0. The normalized spacial score (nSPS) is 24.9. The number of nitrogens with one attached hydrogen (secondary N) is 1. The van der Waals surface area contributed by atoms with E-state index in [0.717, 1.165) is 54.8 Å². The van der Waals surface area contributed by atoms with Gasteiger partial charge in [0.1, 0.15) is 5.58 Å². The largest absolute Gasteiger partial charge is 0.422 e. The second-order valence-electron chi connectivity index (χ2n) is 7.79. The highest BCUT2D eigenvalue weighted by atomic mass is 16.4. The fraction of sp³-hybridized carbons (Fsp3) is 0.550. The van der Waals surface area contributed by atoms with Crippen molar-refractivity contribution in [3.05, 3.63) is 45.3 Å². The van der Waals surface area contributed by atoms with Gasteiger partial charge in [0.25, 0.3) is 0 Å². The quantitative estimate of drug-likeness (QED) is 0.862. The highest BCUT2D eigenvalue weighted by Crippen LogP contribution is 2.37. The van der Waals surface area contributed by atoms with Crippen LogP contribution < -0.4 is 10.9 Å². The summed E-state index contributed by atoms with van der Waals surface area (Å²) in [6.07, 6.45) is 3.87. The van der Waals surface area contributed by atoms with E-state index in [9.17, 15) is 4.79 Å². The molecule has 2 aromatic rings. The zero-order valence-electron chi connectivity index (χ0n) is 14.7. The smallest absolute Gasteiger partial charge is 0.336 e. The molecule has 2 aliphatic rings. The third-order valence-electron chi connectivity index (χ3n) is 5.73. The molecule has 4 rings (SSSR count). The summed E-state index contributed by atoms with van der Waals surface area (Å²) in [4.78, 5) is 14.5. The average Bonchev–Trinajstić information content (AvgIpc) is 2.91. The molecule has 2 saturated heterocycles. The van der Waals surface area contributed by atoms with Gasteiger partial charge in [0.05, 0.1) is 0 Å². The molecular weight excluding hydrogens is 300 g/mol. The van der Waals surface area contributed by atoms with Gasteiger partial charge in [-0.1, -0.05) is 6.07 Å². The molecule has 24 heavy (non-hydrogen) atoms. The molecule has 0 radical (unpaired) electrons. The first-order chi connectivity index (χ1) is 11.5. The SMILES string of the molecule is Cc1cc(C)c2oc(=O)cc(CN3CCC4(CCCNC4)C3)c2c1. The van der Waals surface area contributed by atoms with Crippen molar-refractivity contribution < 1.29 is 4.42 Å². The lowest BCUT2D eigenvalue weighted by Crippen LogP contribution is -2.41. The zero-order valence-corrected chi connectivity index (χ0v) is 14.7. The van der Waals surface area contributed by atoms with Crippen molar-refractivity contribution in [2.75, 3.05) is 26.2 Å².